The van der Waals surface area contributed by atoms with Crippen LogP contribution in [0, 0.1) is 12.7 Å². The van der Waals surface area contributed by atoms with Crippen LogP contribution in [0.1, 0.15) is 59.8 Å². The fraction of sp³-hybridized carbons (Fsp3) is 0.360. The summed E-state index contributed by atoms with van der Waals surface area (Å²) in [6, 6.07) is 3.39. The second kappa shape index (κ2) is 6.26. The molecule has 31 heavy (non-hydrogen) atoms. The Kier molecular flexibility index (Phi) is 3.79. The molecule has 0 amide bonds. The number of pyridine rings is 2. The molecule has 0 saturated carbocycles. The number of benzene rings is 1. The summed E-state index contributed by atoms with van der Waals surface area (Å²) in [6.45, 7) is 6.20. The van der Waals surface area contributed by atoms with E-state index in [2.05, 4.69) is 0 Å². The van der Waals surface area contributed by atoms with Crippen molar-refractivity contribution in [2.45, 2.75) is 59.3 Å². The Hall–Kier alpha value is -2.99. The van der Waals surface area contributed by atoms with Crippen LogP contribution in [0.2, 0.25) is 0 Å². The molecular formula is C25H23FN2O3. The van der Waals surface area contributed by atoms with E-state index in [1.54, 1.807) is 4.57 Å². The lowest BCUT2D eigenvalue weighted by Gasteiger charge is -2.26. The highest BCUT2D eigenvalue weighted by Crippen LogP contribution is 2.42. The van der Waals surface area contributed by atoms with Gasteiger partial charge in [0, 0.05) is 22.6 Å². The summed E-state index contributed by atoms with van der Waals surface area (Å²) in [5.41, 5.74) is 7.88. The van der Waals surface area contributed by atoms with E-state index < -0.39 is 6.10 Å². The molecule has 5 nitrogen and oxygen atoms in total. The minimum absolute atomic E-state index is 0.146. The molecule has 1 atom stereocenters. The van der Waals surface area contributed by atoms with Gasteiger partial charge in [0.25, 0.3) is 5.56 Å². The maximum Gasteiger partial charge on any atom is 0.258 e. The molecule has 4 heterocycles. The Morgan fingerprint density at radius 1 is 1.19 bits per heavy atom. The zero-order valence-electron chi connectivity index (χ0n) is 17.8. The molecule has 3 aliphatic rings. The van der Waals surface area contributed by atoms with Gasteiger partial charge in [0.15, 0.2) is 0 Å². The van der Waals surface area contributed by atoms with Crippen LogP contribution >= 0.6 is 0 Å². The first-order valence-electron chi connectivity index (χ1n) is 10.8. The largest absolute Gasteiger partial charge is 0.490 e. The number of fused-ring (bicyclic) bond motifs is 5. The van der Waals surface area contributed by atoms with Gasteiger partial charge in [-0.25, -0.2) is 9.37 Å². The van der Waals surface area contributed by atoms with E-state index in [1.165, 1.54) is 11.6 Å². The normalized spacial score (nSPS) is 18.5. The highest BCUT2D eigenvalue weighted by atomic mass is 19.1. The number of aliphatic hydroxyl groups excluding tert-OH is 1. The fourth-order valence-corrected chi connectivity index (χ4v) is 5.50. The summed E-state index contributed by atoms with van der Waals surface area (Å²) in [5, 5.41) is 11.9. The van der Waals surface area contributed by atoms with Crippen LogP contribution in [0.25, 0.3) is 22.3 Å². The summed E-state index contributed by atoms with van der Waals surface area (Å²) in [7, 11) is 0. The predicted octanol–water partition coefficient (Wildman–Crippen LogP) is 4.22. The molecule has 0 saturated heterocycles. The second-order valence-corrected chi connectivity index (χ2v) is 9.04. The predicted molar refractivity (Wildman–Crippen MR) is 115 cm³/mol. The Morgan fingerprint density at radius 3 is 2.74 bits per heavy atom. The molecule has 1 aromatic carbocycles. The molecule has 158 valence electrons. The zero-order chi connectivity index (χ0) is 21.6. The number of hydrogen-bond acceptors (Lipinski definition) is 4. The van der Waals surface area contributed by atoms with Crippen molar-refractivity contribution in [2.75, 3.05) is 0 Å². The summed E-state index contributed by atoms with van der Waals surface area (Å²) < 4.78 is 22.1. The van der Waals surface area contributed by atoms with Crippen molar-refractivity contribution in [3.05, 3.63) is 73.0 Å². The minimum atomic E-state index is -0.970. The molecule has 0 spiro atoms. The SMILES string of the molecule is CC(C)=C1OCc2c(cc3n(c2=O)Cc2c-3nc3cc(F)c(C)c4c3c2CCC4)[C@@H]1O. The molecule has 0 fully saturated rings. The average Bonchev–Trinajstić information content (AvgIpc) is 3.12. The average molecular weight is 418 g/mol. The van der Waals surface area contributed by atoms with Gasteiger partial charge < -0.3 is 14.4 Å². The second-order valence-electron chi connectivity index (χ2n) is 9.04. The monoisotopic (exact) mass is 418 g/mol. The summed E-state index contributed by atoms with van der Waals surface area (Å²) >= 11 is 0. The Balaban J connectivity index is 1.65. The third-order valence-electron chi connectivity index (χ3n) is 7.07. The number of nitrogens with zero attached hydrogens (tertiary/aromatic N) is 2. The summed E-state index contributed by atoms with van der Waals surface area (Å²) in [5.74, 6) is 0.267. The number of hydrogen-bond donors (Lipinski definition) is 1. The molecule has 0 radical (unpaired) electrons. The van der Waals surface area contributed by atoms with Gasteiger partial charge in [-0.1, -0.05) is 0 Å². The molecular weight excluding hydrogens is 395 g/mol. The van der Waals surface area contributed by atoms with E-state index in [0.29, 0.717) is 40.2 Å². The molecule has 6 rings (SSSR count). The zero-order valence-corrected chi connectivity index (χ0v) is 17.8. The van der Waals surface area contributed by atoms with Gasteiger partial charge in [-0.2, -0.15) is 0 Å². The van der Waals surface area contributed by atoms with Crippen LogP contribution in [0.15, 0.2) is 28.3 Å². The third kappa shape index (κ3) is 2.39. The van der Waals surface area contributed by atoms with E-state index in [1.807, 2.05) is 26.8 Å². The summed E-state index contributed by atoms with van der Waals surface area (Å²) in [6.07, 6.45) is 1.74. The standard InChI is InChI=1S/C25H23FN2O3/c1-11(2)24-23(29)15-7-20-22-16(9-28(20)25(30)17(15)10-31-24)14-6-4-5-13-12(3)18(26)8-19(27-22)21(13)14/h7-8,23,29H,4-6,9-10H2,1-3H3/t23-/m0/s1. The van der Waals surface area contributed by atoms with E-state index >= 15 is 0 Å². The van der Waals surface area contributed by atoms with Crippen LogP contribution in [0.5, 0.6) is 0 Å². The van der Waals surface area contributed by atoms with Crippen LogP contribution in [0.4, 0.5) is 4.39 Å². The van der Waals surface area contributed by atoms with E-state index in [9.17, 15) is 14.3 Å². The molecule has 2 aromatic heterocycles. The summed E-state index contributed by atoms with van der Waals surface area (Å²) in [4.78, 5) is 18.2. The van der Waals surface area contributed by atoms with Gasteiger partial charge in [0.05, 0.1) is 29.0 Å². The lowest BCUT2D eigenvalue weighted by molar-refractivity contribution is 0.0713. The number of aromatic nitrogens is 2. The lowest BCUT2D eigenvalue weighted by atomic mass is 9.85. The molecule has 0 bridgehead atoms. The van der Waals surface area contributed by atoms with Crippen molar-refractivity contribution < 1.29 is 14.2 Å². The topological polar surface area (TPSA) is 64.4 Å². The highest BCUT2D eigenvalue weighted by Gasteiger charge is 2.34. The van der Waals surface area contributed by atoms with Gasteiger partial charge in [-0.15, -0.1) is 0 Å². The number of allylic oxidation sites excluding steroid dienone is 1. The van der Waals surface area contributed by atoms with Gasteiger partial charge >= 0.3 is 0 Å². The van der Waals surface area contributed by atoms with Crippen LogP contribution < -0.4 is 5.56 Å². The van der Waals surface area contributed by atoms with Gasteiger partial charge in [-0.05, 0) is 68.4 Å². The number of aliphatic hydroxyl groups is 1. The molecule has 1 N–H and O–H groups in total. The van der Waals surface area contributed by atoms with Crippen molar-refractivity contribution in [3.63, 3.8) is 0 Å². The first kappa shape index (κ1) is 18.8. The Labute approximate surface area is 178 Å². The number of rotatable bonds is 0. The number of ether oxygens (including phenoxy) is 1. The van der Waals surface area contributed by atoms with E-state index in [4.69, 9.17) is 9.72 Å². The molecule has 0 unspecified atom stereocenters. The van der Waals surface area contributed by atoms with Gasteiger partial charge in [-0.3, -0.25) is 4.79 Å². The lowest BCUT2D eigenvalue weighted by Crippen LogP contribution is -2.29. The van der Waals surface area contributed by atoms with E-state index in [-0.39, 0.29) is 18.0 Å². The Bertz CT molecular complexity index is 1410. The van der Waals surface area contributed by atoms with E-state index in [0.717, 1.165) is 47.0 Å². The van der Waals surface area contributed by atoms with Crippen LogP contribution in [0.3, 0.4) is 0 Å². The first-order valence-corrected chi connectivity index (χ1v) is 10.8. The van der Waals surface area contributed by atoms with Crippen molar-refractivity contribution in [1.29, 1.82) is 0 Å². The number of aryl methyl sites for hydroxylation is 2. The number of halogens is 1. The molecule has 6 heteroatoms. The highest BCUT2D eigenvalue weighted by molar-refractivity contribution is 5.92. The maximum atomic E-state index is 14.6. The van der Waals surface area contributed by atoms with Crippen molar-refractivity contribution >= 4 is 10.9 Å². The quantitative estimate of drug-likeness (QED) is 0.464. The smallest absolute Gasteiger partial charge is 0.258 e. The first-order chi connectivity index (χ1) is 14.9. The van der Waals surface area contributed by atoms with Crippen molar-refractivity contribution in [2.24, 2.45) is 0 Å². The maximum absolute atomic E-state index is 14.6. The molecule has 3 aromatic rings. The van der Waals surface area contributed by atoms with Gasteiger partial charge in [0.1, 0.15) is 24.3 Å². The molecule has 1 aliphatic carbocycles. The van der Waals surface area contributed by atoms with Crippen LogP contribution in [-0.2, 0) is 30.7 Å². The van der Waals surface area contributed by atoms with Crippen molar-refractivity contribution in [1.82, 2.24) is 9.55 Å². The van der Waals surface area contributed by atoms with Crippen molar-refractivity contribution in [3.8, 4) is 11.4 Å². The molecule has 2 aliphatic heterocycles. The minimum Gasteiger partial charge on any atom is -0.490 e. The fourth-order valence-electron chi connectivity index (χ4n) is 5.50. The van der Waals surface area contributed by atoms with Gasteiger partial charge in [0.2, 0.25) is 0 Å². The van der Waals surface area contributed by atoms with Crippen LogP contribution in [-0.4, -0.2) is 14.7 Å². The third-order valence-corrected chi connectivity index (χ3v) is 7.07. The Morgan fingerprint density at radius 2 is 1.97 bits per heavy atom.